The van der Waals surface area contributed by atoms with Crippen molar-refractivity contribution in [3.8, 4) is 0 Å². The highest BCUT2D eigenvalue weighted by molar-refractivity contribution is 6.04. The van der Waals surface area contributed by atoms with Gasteiger partial charge in [0.2, 0.25) is 0 Å². The second-order valence-electron chi connectivity index (χ2n) is 4.24. The number of aryl methyl sites for hydroxylation is 1. The average Bonchev–Trinajstić information content (AvgIpc) is 2.81. The zero-order valence-corrected chi connectivity index (χ0v) is 10.4. The van der Waals surface area contributed by atoms with E-state index in [1.54, 1.807) is 29.2 Å². The molecule has 0 aliphatic heterocycles. The van der Waals surface area contributed by atoms with Crippen molar-refractivity contribution < 1.29 is 4.79 Å². The van der Waals surface area contributed by atoms with Crippen molar-refractivity contribution in [2.75, 3.05) is 5.32 Å². The molecule has 0 bridgehead atoms. The van der Waals surface area contributed by atoms with Crippen LogP contribution in [0.4, 0.5) is 5.69 Å². The molecular formula is C14H12N4O. The molecule has 3 rings (SSSR count). The summed E-state index contributed by atoms with van der Waals surface area (Å²) in [6.07, 6.45) is 4.97. The van der Waals surface area contributed by atoms with Crippen molar-refractivity contribution in [3.63, 3.8) is 0 Å². The number of nitrogens with one attached hydrogen (secondary N) is 1. The summed E-state index contributed by atoms with van der Waals surface area (Å²) in [7, 11) is 1.87. The maximum absolute atomic E-state index is 12.0. The number of rotatable bonds is 2. The van der Waals surface area contributed by atoms with Crippen LogP contribution in [0.2, 0.25) is 0 Å². The minimum atomic E-state index is -0.172. The molecule has 1 aromatic carbocycles. The predicted molar refractivity (Wildman–Crippen MR) is 72.9 cm³/mol. The van der Waals surface area contributed by atoms with Gasteiger partial charge in [0, 0.05) is 30.5 Å². The summed E-state index contributed by atoms with van der Waals surface area (Å²) in [6.45, 7) is 0. The number of anilines is 1. The lowest BCUT2D eigenvalue weighted by atomic mass is 10.2. The zero-order chi connectivity index (χ0) is 13.2. The summed E-state index contributed by atoms with van der Waals surface area (Å²) in [5.74, 6) is -0.172. The maximum Gasteiger partial charge on any atom is 0.257 e. The van der Waals surface area contributed by atoms with Gasteiger partial charge in [-0.25, -0.2) is 0 Å². The van der Waals surface area contributed by atoms with Gasteiger partial charge in [-0.05, 0) is 30.3 Å². The van der Waals surface area contributed by atoms with Crippen LogP contribution in [-0.2, 0) is 7.05 Å². The van der Waals surface area contributed by atoms with E-state index in [1.165, 1.54) is 6.20 Å². The van der Waals surface area contributed by atoms with Gasteiger partial charge in [0.15, 0.2) is 0 Å². The van der Waals surface area contributed by atoms with E-state index in [4.69, 9.17) is 0 Å². The second-order valence-corrected chi connectivity index (χ2v) is 4.24. The van der Waals surface area contributed by atoms with Crippen LogP contribution < -0.4 is 5.32 Å². The first-order valence-electron chi connectivity index (χ1n) is 5.87. The van der Waals surface area contributed by atoms with E-state index in [2.05, 4.69) is 15.4 Å². The normalized spacial score (nSPS) is 10.6. The lowest BCUT2D eigenvalue weighted by molar-refractivity contribution is 0.102. The van der Waals surface area contributed by atoms with Gasteiger partial charge >= 0.3 is 0 Å². The summed E-state index contributed by atoms with van der Waals surface area (Å²) in [5.41, 5.74) is 2.25. The van der Waals surface area contributed by atoms with Gasteiger partial charge in [-0.15, -0.1) is 0 Å². The number of fused-ring (bicyclic) bond motifs is 1. The highest BCUT2D eigenvalue weighted by Crippen LogP contribution is 2.18. The topological polar surface area (TPSA) is 59.8 Å². The third-order valence-corrected chi connectivity index (χ3v) is 2.93. The summed E-state index contributed by atoms with van der Waals surface area (Å²) >= 11 is 0. The first-order chi connectivity index (χ1) is 9.24. The summed E-state index contributed by atoms with van der Waals surface area (Å²) < 4.78 is 1.77. The fourth-order valence-corrected chi connectivity index (χ4v) is 1.92. The molecule has 5 nitrogen and oxygen atoms in total. The van der Waals surface area contributed by atoms with Gasteiger partial charge in [0.1, 0.15) is 0 Å². The molecule has 0 aliphatic carbocycles. The number of benzene rings is 1. The predicted octanol–water partition coefficient (Wildman–Crippen LogP) is 2.22. The van der Waals surface area contributed by atoms with E-state index in [1.807, 2.05) is 25.2 Å². The number of nitrogens with zero attached hydrogens (tertiary/aromatic N) is 3. The Morgan fingerprint density at radius 2 is 2.16 bits per heavy atom. The van der Waals surface area contributed by atoms with Crippen molar-refractivity contribution >= 4 is 22.5 Å². The third kappa shape index (κ3) is 2.18. The van der Waals surface area contributed by atoms with Crippen molar-refractivity contribution in [2.24, 2.45) is 7.05 Å². The first-order valence-corrected chi connectivity index (χ1v) is 5.87. The van der Waals surface area contributed by atoms with Crippen LogP contribution in [0, 0.1) is 0 Å². The fraction of sp³-hybridized carbons (Fsp3) is 0.0714. The smallest absolute Gasteiger partial charge is 0.257 e. The molecule has 0 saturated heterocycles. The van der Waals surface area contributed by atoms with Crippen molar-refractivity contribution in [1.29, 1.82) is 0 Å². The van der Waals surface area contributed by atoms with Crippen molar-refractivity contribution in [1.82, 2.24) is 14.8 Å². The molecule has 5 heteroatoms. The van der Waals surface area contributed by atoms with Gasteiger partial charge in [-0.1, -0.05) is 0 Å². The number of pyridine rings is 1. The molecule has 0 radical (unpaired) electrons. The number of aromatic nitrogens is 3. The Morgan fingerprint density at radius 3 is 2.95 bits per heavy atom. The monoisotopic (exact) mass is 252 g/mol. The summed E-state index contributed by atoms with van der Waals surface area (Å²) in [6, 6.07) is 9.15. The van der Waals surface area contributed by atoms with Crippen molar-refractivity contribution in [2.45, 2.75) is 0 Å². The lowest BCUT2D eigenvalue weighted by Crippen LogP contribution is -2.11. The number of carbonyl (C=O) groups excluding carboxylic acids is 1. The van der Waals surface area contributed by atoms with Gasteiger partial charge in [0.25, 0.3) is 5.91 Å². The minimum Gasteiger partial charge on any atom is -0.322 e. The average molecular weight is 252 g/mol. The summed E-state index contributed by atoms with van der Waals surface area (Å²) in [5, 5.41) is 8.06. The molecule has 2 aromatic heterocycles. The number of hydrogen-bond donors (Lipinski definition) is 1. The Balaban J connectivity index is 1.89. The van der Waals surface area contributed by atoms with Gasteiger partial charge in [0.05, 0.1) is 17.3 Å². The van der Waals surface area contributed by atoms with E-state index < -0.39 is 0 Å². The van der Waals surface area contributed by atoms with Crippen LogP contribution in [0.15, 0.2) is 48.9 Å². The molecule has 3 aromatic rings. The Morgan fingerprint density at radius 1 is 1.26 bits per heavy atom. The molecule has 94 valence electrons. The molecule has 0 spiro atoms. The second kappa shape index (κ2) is 4.53. The molecule has 2 heterocycles. The minimum absolute atomic E-state index is 0.172. The van der Waals surface area contributed by atoms with Gasteiger partial charge in [-0.3, -0.25) is 14.5 Å². The maximum atomic E-state index is 12.0. The van der Waals surface area contributed by atoms with E-state index in [9.17, 15) is 4.79 Å². The van der Waals surface area contributed by atoms with Crippen LogP contribution in [0.3, 0.4) is 0 Å². The highest BCUT2D eigenvalue weighted by Gasteiger charge is 2.07. The molecule has 0 aliphatic rings. The summed E-state index contributed by atoms with van der Waals surface area (Å²) in [4.78, 5) is 15.9. The number of carbonyl (C=O) groups is 1. The number of amides is 1. The molecule has 0 saturated carbocycles. The molecule has 1 amide bonds. The molecule has 0 atom stereocenters. The first kappa shape index (κ1) is 11.4. The number of hydrogen-bond acceptors (Lipinski definition) is 3. The zero-order valence-electron chi connectivity index (χ0n) is 10.4. The Labute approximate surface area is 109 Å². The molecular weight excluding hydrogens is 240 g/mol. The van der Waals surface area contributed by atoms with E-state index in [0.717, 1.165) is 16.6 Å². The molecule has 0 fully saturated rings. The van der Waals surface area contributed by atoms with Crippen LogP contribution in [0.25, 0.3) is 10.9 Å². The Hall–Kier alpha value is -2.69. The van der Waals surface area contributed by atoms with Crippen LogP contribution in [0.1, 0.15) is 10.4 Å². The van der Waals surface area contributed by atoms with E-state index >= 15 is 0 Å². The Bertz CT molecular complexity index is 734. The fourth-order valence-electron chi connectivity index (χ4n) is 1.92. The third-order valence-electron chi connectivity index (χ3n) is 2.93. The van der Waals surface area contributed by atoms with Crippen LogP contribution in [0.5, 0.6) is 0 Å². The highest BCUT2D eigenvalue weighted by atomic mass is 16.1. The molecule has 1 N–H and O–H groups in total. The van der Waals surface area contributed by atoms with E-state index in [-0.39, 0.29) is 5.91 Å². The van der Waals surface area contributed by atoms with Gasteiger partial charge < -0.3 is 5.32 Å². The van der Waals surface area contributed by atoms with Crippen LogP contribution in [-0.4, -0.2) is 20.7 Å². The largest absolute Gasteiger partial charge is 0.322 e. The molecule has 0 unspecified atom stereocenters. The van der Waals surface area contributed by atoms with Gasteiger partial charge in [-0.2, -0.15) is 5.10 Å². The molecule has 19 heavy (non-hydrogen) atoms. The van der Waals surface area contributed by atoms with E-state index in [0.29, 0.717) is 5.56 Å². The lowest BCUT2D eigenvalue weighted by Gasteiger charge is -2.05. The van der Waals surface area contributed by atoms with Crippen LogP contribution >= 0.6 is 0 Å². The standard InChI is InChI=1S/C14H12N4O/c1-18-13-7-12(5-4-10(13)9-16-18)17-14(19)11-3-2-6-15-8-11/h2-9H,1H3,(H,17,19). The SMILES string of the molecule is Cn1ncc2ccc(NC(=O)c3cccnc3)cc21. The van der Waals surface area contributed by atoms with Crippen molar-refractivity contribution in [3.05, 3.63) is 54.5 Å². The Kier molecular flexibility index (Phi) is 2.72. The quantitative estimate of drug-likeness (QED) is 0.760.